The van der Waals surface area contributed by atoms with E-state index >= 15 is 0 Å². The molecule has 0 aromatic heterocycles. The third-order valence-electron chi connectivity index (χ3n) is 3.58. The monoisotopic (exact) mass is 290 g/mol. The van der Waals surface area contributed by atoms with Crippen molar-refractivity contribution in [3.63, 3.8) is 0 Å². The highest BCUT2D eigenvalue weighted by Gasteiger charge is 2.13. The Balaban J connectivity index is 2.53. The first kappa shape index (κ1) is 18.2. The van der Waals surface area contributed by atoms with Gasteiger partial charge in [0.25, 0.3) is 0 Å². The maximum atomic E-state index is 3.51. The van der Waals surface area contributed by atoms with Crippen molar-refractivity contribution in [2.45, 2.75) is 60.0 Å². The van der Waals surface area contributed by atoms with Crippen LogP contribution in [-0.4, -0.2) is 31.1 Å². The van der Waals surface area contributed by atoms with E-state index in [1.165, 1.54) is 11.1 Å². The Morgan fingerprint density at radius 2 is 1.62 bits per heavy atom. The topological polar surface area (TPSA) is 15.3 Å². The summed E-state index contributed by atoms with van der Waals surface area (Å²) in [6, 6.07) is 9.68. The summed E-state index contributed by atoms with van der Waals surface area (Å²) in [5.41, 5.74) is 3.17. The SMILES string of the molecule is CC(C)NCC(C)c1ccc(CN(C)CC(C)(C)C)cc1. The van der Waals surface area contributed by atoms with Gasteiger partial charge in [-0.25, -0.2) is 0 Å². The molecule has 21 heavy (non-hydrogen) atoms. The van der Waals surface area contributed by atoms with Gasteiger partial charge < -0.3 is 10.2 Å². The molecule has 2 heteroatoms. The van der Waals surface area contributed by atoms with Crippen LogP contribution in [0.2, 0.25) is 0 Å². The summed E-state index contributed by atoms with van der Waals surface area (Å²) in [5.74, 6) is 0.564. The van der Waals surface area contributed by atoms with Crippen LogP contribution in [0.4, 0.5) is 0 Å². The minimum absolute atomic E-state index is 0.353. The zero-order valence-electron chi connectivity index (χ0n) is 15.0. The lowest BCUT2D eigenvalue weighted by molar-refractivity contribution is 0.221. The predicted octanol–water partition coefficient (Wildman–Crippen LogP) is 4.27. The van der Waals surface area contributed by atoms with Crippen molar-refractivity contribution in [3.05, 3.63) is 35.4 Å². The Morgan fingerprint density at radius 1 is 1.05 bits per heavy atom. The molecule has 1 unspecified atom stereocenters. The summed E-state index contributed by atoms with van der Waals surface area (Å²) in [6.45, 7) is 16.7. The summed E-state index contributed by atoms with van der Waals surface area (Å²) in [5, 5.41) is 3.51. The summed E-state index contributed by atoms with van der Waals surface area (Å²) >= 11 is 0. The molecule has 0 bridgehead atoms. The molecule has 0 fully saturated rings. The molecule has 1 rings (SSSR count). The van der Waals surface area contributed by atoms with Crippen LogP contribution in [-0.2, 0) is 6.54 Å². The highest BCUT2D eigenvalue weighted by molar-refractivity contribution is 5.25. The second-order valence-electron chi connectivity index (χ2n) is 7.94. The molecular formula is C19H34N2. The van der Waals surface area contributed by atoms with Crippen molar-refractivity contribution < 1.29 is 0 Å². The fraction of sp³-hybridized carbons (Fsp3) is 0.684. The predicted molar refractivity (Wildman–Crippen MR) is 93.8 cm³/mol. The van der Waals surface area contributed by atoms with E-state index in [9.17, 15) is 0 Å². The molecule has 1 aromatic rings. The fourth-order valence-corrected chi connectivity index (χ4v) is 2.66. The Hall–Kier alpha value is -0.860. The maximum absolute atomic E-state index is 3.51. The molecule has 2 nitrogen and oxygen atoms in total. The van der Waals surface area contributed by atoms with Gasteiger partial charge in [0.05, 0.1) is 0 Å². The molecule has 1 aromatic carbocycles. The van der Waals surface area contributed by atoms with Crippen LogP contribution in [0.3, 0.4) is 0 Å². The third-order valence-corrected chi connectivity index (χ3v) is 3.58. The van der Waals surface area contributed by atoms with Gasteiger partial charge in [-0.3, -0.25) is 0 Å². The largest absolute Gasteiger partial charge is 0.314 e. The number of hydrogen-bond donors (Lipinski definition) is 1. The van der Waals surface area contributed by atoms with E-state index in [4.69, 9.17) is 0 Å². The first-order valence-electron chi connectivity index (χ1n) is 8.18. The molecule has 0 amide bonds. The van der Waals surface area contributed by atoms with E-state index < -0.39 is 0 Å². The van der Waals surface area contributed by atoms with Crippen molar-refractivity contribution >= 4 is 0 Å². The van der Waals surface area contributed by atoms with Gasteiger partial charge in [0.15, 0.2) is 0 Å². The molecule has 0 heterocycles. The summed E-state index contributed by atoms with van der Waals surface area (Å²) in [4.78, 5) is 2.40. The van der Waals surface area contributed by atoms with Gasteiger partial charge in [-0.05, 0) is 29.5 Å². The number of nitrogens with zero attached hydrogens (tertiary/aromatic N) is 1. The lowest BCUT2D eigenvalue weighted by atomic mass is 9.96. The second-order valence-corrected chi connectivity index (χ2v) is 7.94. The molecule has 0 radical (unpaired) electrons. The van der Waals surface area contributed by atoms with Gasteiger partial charge >= 0.3 is 0 Å². The molecule has 1 N–H and O–H groups in total. The van der Waals surface area contributed by atoms with E-state index in [1.807, 2.05) is 0 Å². The molecule has 0 aliphatic heterocycles. The summed E-state index contributed by atoms with van der Waals surface area (Å²) in [6.07, 6.45) is 0. The van der Waals surface area contributed by atoms with Crippen molar-refractivity contribution in [2.24, 2.45) is 5.41 Å². The van der Waals surface area contributed by atoms with Crippen molar-refractivity contribution in [2.75, 3.05) is 20.1 Å². The molecule has 0 aliphatic carbocycles. The van der Waals surface area contributed by atoms with E-state index in [-0.39, 0.29) is 0 Å². The standard InChI is InChI=1S/C19H34N2/c1-15(2)20-12-16(3)18-10-8-17(9-11-18)13-21(7)14-19(4,5)6/h8-11,15-16,20H,12-14H2,1-7H3. The molecule has 0 saturated heterocycles. The van der Waals surface area contributed by atoms with E-state index in [2.05, 4.69) is 83.1 Å². The van der Waals surface area contributed by atoms with Gasteiger partial charge in [0.2, 0.25) is 0 Å². The highest BCUT2D eigenvalue weighted by atomic mass is 15.1. The number of benzene rings is 1. The minimum atomic E-state index is 0.353. The molecule has 1 atom stereocenters. The van der Waals surface area contributed by atoms with Gasteiger partial charge in [0, 0.05) is 25.7 Å². The second kappa shape index (κ2) is 7.95. The van der Waals surface area contributed by atoms with Crippen molar-refractivity contribution in [1.82, 2.24) is 10.2 Å². The molecular weight excluding hydrogens is 256 g/mol. The van der Waals surface area contributed by atoms with Crippen LogP contribution >= 0.6 is 0 Å². The van der Waals surface area contributed by atoms with Crippen molar-refractivity contribution in [3.8, 4) is 0 Å². The Labute approximate surface area is 131 Å². The quantitative estimate of drug-likeness (QED) is 0.807. The maximum Gasteiger partial charge on any atom is 0.0230 e. The van der Waals surface area contributed by atoms with Crippen molar-refractivity contribution in [1.29, 1.82) is 0 Å². The van der Waals surface area contributed by atoms with Crippen LogP contribution in [0.15, 0.2) is 24.3 Å². The Morgan fingerprint density at radius 3 is 2.10 bits per heavy atom. The first-order chi connectivity index (χ1) is 9.67. The average molecular weight is 290 g/mol. The minimum Gasteiger partial charge on any atom is -0.314 e. The normalized spacial score (nSPS) is 14.0. The van der Waals surface area contributed by atoms with Gasteiger partial charge in [-0.2, -0.15) is 0 Å². The lowest BCUT2D eigenvalue weighted by Gasteiger charge is -2.26. The number of hydrogen-bond acceptors (Lipinski definition) is 2. The first-order valence-corrected chi connectivity index (χ1v) is 8.18. The van der Waals surface area contributed by atoms with Gasteiger partial charge in [-0.1, -0.05) is 65.8 Å². The van der Waals surface area contributed by atoms with Crippen LogP contribution < -0.4 is 5.32 Å². The zero-order chi connectivity index (χ0) is 16.0. The van der Waals surface area contributed by atoms with Gasteiger partial charge in [0.1, 0.15) is 0 Å². The third kappa shape index (κ3) is 7.63. The molecule has 120 valence electrons. The molecule has 0 spiro atoms. The fourth-order valence-electron chi connectivity index (χ4n) is 2.66. The highest BCUT2D eigenvalue weighted by Crippen LogP contribution is 2.18. The molecule has 0 saturated carbocycles. The lowest BCUT2D eigenvalue weighted by Crippen LogP contribution is -2.29. The Bertz CT molecular complexity index is 401. The average Bonchev–Trinajstić information content (AvgIpc) is 2.34. The van der Waals surface area contributed by atoms with Crippen LogP contribution in [0, 0.1) is 5.41 Å². The van der Waals surface area contributed by atoms with E-state index in [0.29, 0.717) is 17.4 Å². The van der Waals surface area contributed by atoms with Crippen LogP contribution in [0.25, 0.3) is 0 Å². The van der Waals surface area contributed by atoms with Gasteiger partial charge in [-0.15, -0.1) is 0 Å². The van der Waals surface area contributed by atoms with Crippen LogP contribution in [0.5, 0.6) is 0 Å². The zero-order valence-corrected chi connectivity index (χ0v) is 15.0. The molecule has 0 aliphatic rings. The Kier molecular flexibility index (Phi) is 6.89. The summed E-state index contributed by atoms with van der Waals surface area (Å²) < 4.78 is 0. The van der Waals surface area contributed by atoms with E-state index in [0.717, 1.165) is 19.6 Å². The number of nitrogens with one attached hydrogen (secondary N) is 1. The van der Waals surface area contributed by atoms with Crippen LogP contribution in [0.1, 0.15) is 58.6 Å². The number of rotatable bonds is 7. The summed E-state index contributed by atoms with van der Waals surface area (Å²) in [7, 11) is 2.20. The smallest absolute Gasteiger partial charge is 0.0230 e. The van der Waals surface area contributed by atoms with E-state index in [1.54, 1.807) is 0 Å².